The van der Waals surface area contributed by atoms with Crippen LogP contribution in [0, 0.1) is 0 Å². The summed E-state index contributed by atoms with van der Waals surface area (Å²) in [6.45, 7) is -0.169. The molecule has 0 saturated carbocycles. The van der Waals surface area contributed by atoms with Crippen LogP contribution in [-0.4, -0.2) is 40.3 Å². The third kappa shape index (κ3) is 3.99. The summed E-state index contributed by atoms with van der Waals surface area (Å²) in [5.41, 5.74) is 0.188. The van der Waals surface area contributed by atoms with Crippen molar-refractivity contribution < 1.29 is 22.0 Å². The first kappa shape index (κ1) is 19.8. The van der Waals surface area contributed by atoms with E-state index in [0.717, 1.165) is 12.1 Å². The number of carbonyl (C=O) groups excluding carboxylic acids is 1. The van der Waals surface area contributed by atoms with E-state index in [1.54, 1.807) is 24.3 Å². The first-order chi connectivity index (χ1) is 13.3. The summed E-state index contributed by atoms with van der Waals surface area (Å²) < 4.78 is 50.6. The van der Waals surface area contributed by atoms with Gasteiger partial charge in [-0.25, -0.2) is 8.42 Å². The van der Waals surface area contributed by atoms with Crippen molar-refractivity contribution in [2.45, 2.75) is 17.2 Å². The summed E-state index contributed by atoms with van der Waals surface area (Å²) in [4.78, 5) is 11.7. The number of amides is 1. The number of hydrogen-bond acceptors (Lipinski definition) is 6. The van der Waals surface area contributed by atoms with Gasteiger partial charge >= 0.3 is 5.76 Å². The standard InChI is InChI=1S/C16H12ClF2N5O3S/c17-10-5-7-11(8-6-10)24-14(21-22-23-24)9-20-15(25)12-3-1-2-4-13(12)28(26,27)16(18)19/h1-8,16H,9H2,(H,20,25). The molecule has 0 aliphatic heterocycles. The zero-order valence-electron chi connectivity index (χ0n) is 14.0. The Kier molecular flexibility index (Phi) is 5.66. The molecule has 12 heteroatoms. The third-order valence-corrected chi connectivity index (χ3v) is 5.38. The Morgan fingerprint density at radius 2 is 1.82 bits per heavy atom. The number of sulfone groups is 1. The second-order valence-corrected chi connectivity index (χ2v) is 7.79. The Labute approximate surface area is 163 Å². The van der Waals surface area contributed by atoms with Crippen LogP contribution in [0.5, 0.6) is 0 Å². The lowest BCUT2D eigenvalue weighted by Crippen LogP contribution is -2.27. The zero-order valence-corrected chi connectivity index (χ0v) is 15.5. The molecule has 0 atom stereocenters. The van der Waals surface area contributed by atoms with Crippen LogP contribution < -0.4 is 5.32 Å². The molecule has 0 aliphatic rings. The van der Waals surface area contributed by atoms with Gasteiger partial charge in [0.15, 0.2) is 5.82 Å². The number of nitrogens with zero attached hydrogens (tertiary/aromatic N) is 4. The predicted molar refractivity (Wildman–Crippen MR) is 95.0 cm³/mol. The fourth-order valence-electron chi connectivity index (χ4n) is 2.35. The van der Waals surface area contributed by atoms with Crippen molar-refractivity contribution in [3.63, 3.8) is 0 Å². The van der Waals surface area contributed by atoms with Gasteiger partial charge in [-0.15, -0.1) is 5.10 Å². The molecule has 1 N–H and O–H groups in total. The maximum Gasteiger partial charge on any atom is 0.341 e. The largest absolute Gasteiger partial charge is 0.345 e. The Hall–Kier alpha value is -2.92. The summed E-state index contributed by atoms with van der Waals surface area (Å²) in [7, 11) is -4.93. The van der Waals surface area contributed by atoms with Crippen LogP contribution in [0.15, 0.2) is 53.4 Å². The molecule has 0 spiro atoms. The zero-order chi connectivity index (χ0) is 20.3. The number of rotatable bonds is 6. The highest BCUT2D eigenvalue weighted by Crippen LogP contribution is 2.22. The molecule has 8 nitrogen and oxygen atoms in total. The fourth-order valence-corrected chi connectivity index (χ4v) is 3.41. The highest BCUT2D eigenvalue weighted by Gasteiger charge is 2.30. The van der Waals surface area contributed by atoms with E-state index in [1.807, 2.05) is 0 Å². The lowest BCUT2D eigenvalue weighted by Gasteiger charge is -2.10. The number of nitrogens with one attached hydrogen (secondary N) is 1. The Morgan fingerprint density at radius 1 is 1.14 bits per heavy atom. The van der Waals surface area contributed by atoms with E-state index in [1.165, 1.54) is 16.8 Å². The van der Waals surface area contributed by atoms with Crippen LogP contribution in [0.2, 0.25) is 5.02 Å². The van der Waals surface area contributed by atoms with Crippen molar-refractivity contribution in [2.24, 2.45) is 0 Å². The molecule has 0 saturated heterocycles. The summed E-state index contributed by atoms with van der Waals surface area (Å²) in [5, 5.41) is 14.1. The van der Waals surface area contributed by atoms with Crippen LogP contribution in [0.4, 0.5) is 8.78 Å². The van der Waals surface area contributed by atoms with Crippen molar-refractivity contribution in [2.75, 3.05) is 0 Å². The molecule has 0 fully saturated rings. The number of hydrogen-bond donors (Lipinski definition) is 1. The Balaban J connectivity index is 1.82. The SMILES string of the molecule is O=C(NCc1nnnn1-c1ccc(Cl)cc1)c1ccccc1S(=O)(=O)C(F)F. The van der Waals surface area contributed by atoms with Gasteiger partial charge in [-0.05, 0) is 46.8 Å². The number of aromatic nitrogens is 4. The first-order valence-electron chi connectivity index (χ1n) is 7.73. The highest BCUT2D eigenvalue weighted by atomic mass is 35.5. The number of tetrazole rings is 1. The minimum Gasteiger partial charge on any atom is -0.345 e. The summed E-state index contributed by atoms with van der Waals surface area (Å²) in [5.74, 6) is -4.26. The minimum absolute atomic E-state index is 0.169. The number of alkyl halides is 2. The van der Waals surface area contributed by atoms with Gasteiger partial charge in [0.05, 0.1) is 22.7 Å². The summed E-state index contributed by atoms with van der Waals surface area (Å²) in [6.07, 6.45) is 0. The van der Waals surface area contributed by atoms with E-state index in [0.29, 0.717) is 10.7 Å². The molecule has 3 aromatic rings. The molecule has 1 heterocycles. The minimum atomic E-state index is -4.93. The molecule has 1 amide bonds. The highest BCUT2D eigenvalue weighted by molar-refractivity contribution is 7.91. The summed E-state index contributed by atoms with van der Waals surface area (Å²) >= 11 is 5.84. The van der Waals surface area contributed by atoms with Gasteiger partial charge in [-0.2, -0.15) is 13.5 Å². The van der Waals surface area contributed by atoms with Gasteiger partial charge < -0.3 is 5.32 Å². The van der Waals surface area contributed by atoms with Crippen LogP contribution >= 0.6 is 11.6 Å². The fraction of sp³-hybridized carbons (Fsp3) is 0.125. The predicted octanol–water partition coefficient (Wildman–Crippen LogP) is 2.24. The molecular formula is C16H12ClF2N5O3S. The maximum atomic E-state index is 12.9. The number of halogens is 3. The van der Waals surface area contributed by atoms with Gasteiger partial charge in [0.2, 0.25) is 9.84 Å². The van der Waals surface area contributed by atoms with E-state index >= 15 is 0 Å². The summed E-state index contributed by atoms with van der Waals surface area (Å²) in [6, 6.07) is 11.3. The first-order valence-corrected chi connectivity index (χ1v) is 9.65. The third-order valence-electron chi connectivity index (χ3n) is 3.69. The number of benzene rings is 2. The Bertz CT molecular complexity index is 1100. The van der Waals surface area contributed by atoms with Crippen LogP contribution in [0.1, 0.15) is 16.2 Å². The van der Waals surface area contributed by atoms with Gasteiger partial charge in [-0.1, -0.05) is 23.7 Å². The van der Waals surface area contributed by atoms with Crippen molar-refractivity contribution in [1.29, 1.82) is 0 Å². The topological polar surface area (TPSA) is 107 Å². The average molecular weight is 428 g/mol. The van der Waals surface area contributed by atoms with Crippen LogP contribution in [-0.2, 0) is 16.4 Å². The molecule has 3 rings (SSSR count). The molecular weight excluding hydrogens is 416 g/mol. The lowest BCUT2D eigenvalue weighted by molar-refractivity contribution is 0.0946. The van der Waals surface area contributed by atoms with E-state index in [9.17, 15) is 22.0 Å². The lowest BCUT2D eigenvalue weighted by atomic mass is 10.2. The molecule has 0 aliphatic carbocycles. The van der Waals surface area contributed by atoms with Crippen molar-refractivity contribution in [1.82, 2.24) is 25.5 Å². The maximum absolute atomic E-state index is 12.9. The molecule has 146 valence electrons. The molecule has 28 heavy (non-hydrogen) atoms. The van der Waals surface area contributed by atoms with Crippen LogP contribution in [0.25, 0.3) is 5.69 Å². The molecule has 0 radical (unpaired) electrons. The van der Waals surface area contributed by atoms with E-state index in [4.69, 9.17) is 11.6 Å². The number of carbonyl (C=O) groups is 1. The van der Waals surface area contributed by atoms with Crippen molar-refractivity contribution in [3.05, 3.63) is 64.9 Å². The monoisotopic (exact) mass is 427 g/mol. The second kappa shape index (κ2) is 7.98. The molecule has 0 bridgehead atoms. The van der Waals surface area contributed by atoms with E-state index in [2.05, 4.69) is 20.8 Å². The quantitative estimate of drug-likeness (QED) is 0.646. The van der Waals surface area contributed by atoms with E-state index in [-0.39, 0.29) is 12.4 Å². The van der Waals surface area contributed by atoms with Crippen molar-refractivity contribution in [3.8, 4) is 5.69 Å². The van der Waals surface area contributed by atoms with Crippen molar-refractivity contribution >= 4 is 27.3 Å². The van der Waals surface area contributed by atoms with Gasteiger partial charge in [0, 0.05) is 5.02 Å². The van der Waals surface area contributed by atoms with Gasteiger partial charge in [0.1, 0.15) is 0 Å². The van der Waals surface area contributed by atoms with E-state index < -0.39 is 32.0 Å². The molecule has 0 unspecified atom stereocenters. The normalized spacial score (nSPS) is 11.6. The van der Waals surface area contributed by atoms with Gasteiger partial charge in [-0.3, -0.25) is 4.79 Å². The van der Waals surface area contributed by atoms with Crippen LogP contribution in [0.3, 0.4) is 0 Å². The average Bonchev–Trinajstić information content (AvgIpc) is 3.15. The Morgan fingerprint density at radius 3 is 2.50 bits per heavy atom. The molecule has 1 aromatic heterocycles. The smallest absolute Gasteiger partial charge is 0.341 e. The second-order valence-electron chi connectivity index (χ2n) is 5.47. The van der Waals surface area contributed by atoms with Gasteiger partial charge in [0.25, 0.3) is 5.91 Å². The molecule has 2 aromatic carbocycles.